The van der Waals surface area contributed by atoms with Gasteiger partial charge in [0.1, 0.15) is 0 Å². The van der Waals surface area contributed by atoms with Gasteiger partial charge in [0, 0.05) is 18.8 Å². The summed E-state index contributed by atoms with van der Waals surface area (Å²) in [6, 6.07) is 7.85. The number of urea groups is 1. The number of aryl methyl sites for hydroxylation is 1. The molecule has 1 aliphatic heterocycles. The fourth-order valence-corrected chi connectivity index (χ4v) is 2.21. The fraction of sp³-hybridized carbons (Fsp3) is 0.500. The van der Waals surface area contributed by atoms with Crippen molar-refractivity contribution in [3.05, 3.63) is 29.8 Å². The van der Waals surface area contributed by atoms with E-state index in [1.165, 1.54) is 5.56 Å². The molecule has 3 N–H and O–H groups in total. The first-order valence-electron chi connectivity index (χ1n) is 6.51. The molecule has 1 heterocycles. The van der Waals surface area contributed by atoms with Crippen molar-refractivity contribution in [3.63, 3.8) is 0 Å². The molecule has 1 aromatic carbocycles. The summed E-state index contributed by atoms with van der Waals surface area (Å²) in [6.07, 6.45) is 2.02. The van der Waals surface area contributed by atoms with E-state index in [0.717, 1.165) is 38.2 Å². The van der Waals surface area contributed by atoms with Gasteiger partial charge in [-0.15, -0.1) is 0 Å². The molecule has 1 aliphatic rings. The van der Waals surface area contributed by atoms with Gasteiger partial charge in [0.05, 0.1) is 0 Å². The number of nitrogens with zero attached hydrogens (tertiary/aromatic N) is 1. The standard InChI is InChI=1S/C14H21N3O/c1-11-2-4-13(5-3-11)16-14(18)17-8-6-12(10-15)7-9-17/h2-5,12H,6-10,15H2,1H3,(H,16,18). The zero-order valence-corrected chi connectivity index (χ0v) is 10.9. The van der Waals surface area contributed by atoms with E-state index in [2.05, 4.69) is 5.32 Å². The second-order valence-corrected chi connectivity index (χ2v) is 4.96. The first-order chi connectivity index (χ1) is 8.69. The molecule has 0 saturated carbocycles. The highest BCUT2D eigenvalue weighted by Crippen LogP contribution is 2.17. The lowest BCUT2D eigenvalue weighted by atomic mass is 9.97. The summed E-state index contributed by atoms with van der Waals surface area (Å²) in [5.41, 5.74) is 7.69. The number of nitrogens with two attached hydrogens (primary N) is 1. The summed E-state index contributed by atoms with van der Waals surface area (Å²) in [5, 5.41) is 2.93. The number of nitrogens with one attached hydrogen (secondary N) is 1. The smallest absolute Gasteiger partial charge is 0.321 e. The Labute approximate surface area is 108 Å². The molecule has 0 atom stereocenters. The quantitative estimate of drug-likeness (QED) is 0.841. The van der Waals surface area contributed by atoms with Crippen LogP contribution in [0.3, 0.4) is 0 Å². The third-order valence-electron chi connectivity index (χ3n) is 3.54. The Balaban J connectivity index is 1.87. The van der Waals surface area contributed by atoms with Crippen LogP contribution in [0.5, 0.6) is 0 Å². The summed E-state index contributed by atoms with van der Waals surface area (Å²) in [5.74, 6) is 0.577. The van der Waals surface area contributed by atoms with Gasteiger partial charge in [-0.05, 0) is 44.4 Å². The average Bonchev–Trinajstić information content (AvgIpc) is 2.41. The van der Waals surface area contributed by atoms with Gasteiger partial charge in [-0.25, -0.2) is 4.79 Å². The Hall–Kier alpha value is -1.55. The van der Waals surface area contributed by atoms with Gasteiger partial charge in [-0.2, -0.15) is 0 Å². The van der Waals surface area contributed by atoms with E-state index < -0.39 is 0 Å². The molecule has 0 aromatic heterocycles. The number of likely N-dealkylation sites (tertiary alicyclic amines) is 1. The number of carbonyl (C=O) groups is 1. The Morgan fingerprint density at radius 2 is 1.94 bits per heavy atom. The summed E-state index contributed by atoms with van der Waals surface area (Å²) >= 11 is 0. The van der Waals surface area contributed by atoms with Gasteiger partial charge < -0.3 is 16.0 Å². The van der Waals surface area contributed by atoms with Crippen LogP contribution in [0.25, 0.3) is 0 Å². The van der Waals surface area contributed by atoms with Crippen molar-refractivity contribution >= 4 is 11.7 Å². The number of piperidine rings is 1. The zero-order valence-electron chi connectivity index (χ0n) is 10.9. The lowest BCUT2D eigenvalue weighted by Gasteiger charge is -2.31. The maximum absolute atomic E-state index is 12.0. The first-order valence-corrected chi connectivity index (χ1v) is 6.51. The van der Waals surface area contributed by atoms with Gasteiger partial charge in [-0.3, -0.25) is 0 Å². The fourth-order valence-electron chi connectivity index (χ4n) is 2.21. The van der Waals surface area contributed by atoms with Gasteiger partial charge in [0.2, 0.25) is 0 Å². The van der Waals surface area contributed by atoms with Gasteiger partial charge in [-0.1, -0.05) is 17.7 Å². The SMILES string of the molecule is Cc1ccc(NC(=O)N2CCC(CN)CC2)cc1. The molecule has 1 fully saturated rings. The van der Waals surface area contributed by atoms with Crippen LogP contribution in [-0.2, 0) is 0 Å². The molecule has 2 rings (SSSR count). The topological polar surface area (TPSA) is 58.4 Å². The van der Waals surface area contributed by atoms with E-state index in [-0.39, 0.29) is 6.03 Å². The summed E-state index contributed by atoms with van der Waals surface area (Å²) in [6.45, 7) is 4.37. The number of rotatable bonds is 2. The lowest BCUT2D eigenvalue weighted by Crippen LogP contribution is -2.42. The molecule has 18 heavy (non-hydrogen) atoms. The lowest BCUT2D eigenvalue weighted by molar-refractivity contribution is 0.184. The second kappa shape index (κ2) is 5.87. The van der Waals surface area contributed by atoms with Crippen molar-refractivity contribution in [1.82, 2.24) is 4.90 Å². The molecule has 0 bridgehead atoms. The van der Waals surface area contributed by atoms with Crippen LogP contribution in [0, 0.1) is 12.8 Å². The molecular formula is C14H21N3O. The summed E-state index contributed by atoms with van der Waals surface area (Å²) < 4.78 is 0. The van der Waals surface area contributed by atoms with E-state index in [1.807, 2.05) is 36.1 Å². The second-order valence-electron chi connectivity index (χ2n) is 4.96. The van der Waals surface area contributed by atoms with Crippen molar-refractivity contribution in [2.45, 2.75) is 19.8 Å². The van der Waals surface area contributed by atoms with E-state index >= 15 is 0 Å². The largest absolute Gasteiger partial charge is 0.330 e. The van der Waals surface area contributed by atoms with Crippen LogP contribution in [0.4, 0.5) is 10.5 Å². The van der Waals surface area contributed by atoms with Gasteiger partial charge in [0.15, 0.2) is 0 Å². The predicted molar refractivity (Wildman–Crippen MR) is 73.5 cm³/mol. The molecular weight excluding hydrogens is 226 g/mol. The average molecular weight is 247 g/mol. The number of benzene rings is 1. The maximum atomic E-state index is 12.0. The highest BCUT2D eigenvalue weighted by molar-refractivity contribution is 5.89. The Morgan fingerprint density at radius 1 is 1.33 bits per heavy atom. The van der Waals surface area contributed by atoms with Crippen LogP contribution < -0.4 is 11.1 Å². The van der Waals surface area contributed by atoms with Crippen molar-refractivity contribution in [2.24, 2.45) is 11.7 Å². The Bertz CT molecular complexity index is 394. The van der Waals surface area contributed by atoms with Crippen molar-refractivity contribution in [1.29, 1.82) is 0 Å². The van der Waals surface area contributed by atoms with Crippen LogP contribution in [0.15, 0.2) is 24.3 Å². The predicted octanol–water partition coefficient (Wildman–Crippen LogP) is 2.20. The number of hydrogen-bond donors (Lipinski definition) is 2. The highest BCUT2D eigenvalue weighted by Gasteiger charge is 2.21. The molecule has 4 heteroatoms. The summed E-state index contributed by atoms with van der Waals surface area (Å²) in [4.78, 5) is 13.9. The number of hydrogen-bond acceptors (Lipinski definition) is 2. The molecule has 98 valence electrons. The molecule has 0 aliphatic carbocycles. The minimum absolute atomic E-state index is 0.00526. The maximum Gasteiger partial charge on any atom is 0.321 e. The van der Waals surface area contributed by atoms with Crippen molar-refractivity contribution in [3.8, 4) is 0 Å². The highest BCUT2D eigenvalue weighted by atomic mass is 16.2. The molecule has 2 amide bonds. The Kier molecular flexibility index (Phi) is 4.20. The molecule has 1 saturated heterocycles. The number of anilines is 1. The van der Waals surface area contributed by atoms with Gasteiger partial charge in [0.25, 0.3) is 0 Å². The van der Waals surface area contributed by atoms with E-state index in [1.54, 1.807) is 0 Å². The third-order valence-corrected chi connectivity index (χ3v) is 3.54. The molecule has 0 spiro atoms. The van der Waals surface area contributed by atoms with E-state index in [4.69, 9.17) is 5.73 Å². The molecule has 0 radical (unpaired) electrons. The van der Waals surface area contributed by atoms with Crippen LogP contribution in [-0.4, -0.2) is 30.6 Å². The number of amides is 2. The normalized spacial score (nSPS) is 16.7. The van der Waals surface area contributed by atoms with E-state index in [0.29, 0.717) is 5.92 Å². The van der Waals surface area contributed by atoms with E-state index in [9.17, 15) is 4.79 Å². The monoisotopic (exact) mass is 247 g/mol. The number of carbonyl (C=O) groups excluding carboxylic acids is 1. The van der Waals surface area contributed by atoms with Crippen molar-refractivity contribution < 1.29 is 4.79 Å². The Morgan fingerprint density at radius 3 is 2.50 bits per heavy atom. The third kappa shape index (κ3) is 3.23. The van der Waals surface area contributed by atoms with Crippen LogP contribution in [0.1, 0.15) is 18.4 Å². The minimum Gasteiger partial charge on any atom is -0.330 e. The van der Waals surface area contributed by atoms with Crippen LogP contribution >= 0.6 is 0 Å². The molecule has 1 aromatic rings. The minimum atomic E-state index is -0.00526. The first kappa shape index (κ1) is 12.9. The molecule has 0 unspecified atom stereocenters. The summed E-state index contributed by atoms with van der Waals surface area (Å²) in [7, 11) is 0. The van der Waals surface area contributed by atoms with Crippen molar-refractivity contribution in [2.75, 3.05) is 25.0 Å². The van der Waals surface area contributed by atoms with Crippen LogP contribution in [0.2, 0.25) is 0 Å². The van der Waals surface area contributed by atoms with Gasteiger partial charge >= 0.3 is 6.03 Å². The zero-order chi connectivity index (χ0) is 13.0. The molecule has 4 nitrogen and oxygen atoms in total.